The Bertz CT molecular complexity index is 526. The minimum Gasteiger partial charge on any atom is -0.494 e. The Morgan fingerprint density at radius 2 is 2.19 bits per heavy atom. The molecular weight excluding hydrogens is 284 g/mol. The molecule has 1 aliphatic rings. The topological polar surface area (TPSA) is 38.5 Å². The van der Waals surface area contributed by atoms with Crippen molar-refractivity contribution in [2.45, 2.75) is 32.7 Å². The van der Waals surface area contributed by atoms with Crippen LogP contribution in [0.5, 0.6) is 0 Å². The van der Waals surface area contributed by atoms with Crippen LogP contribution in [0.15, 0.2) is 42.3 Å². The molecule has 0 saturated heterocycles. The lowest BCUT2D eigenvalue weighted by molar-refractivity contribution is 0.211. The highest BCUT2D eigenvalue weighted by Gasteiger charge is 2.09. The minimum absolute atomic E-state index is 0.630. The summed E-state index contributed by atoms with van der Waals surface area (Å²) in [7, 11) is 0. The molecule has 0 aromatic heterocycles. The van der Waals surface area contributed by atoms with E-state index in [1.807, 2.05) is 24.3 Å². The molecule has 1 aliphatic heterocycles. The summed E-state index contributed by atoms with van der Waals surface area (Å²) in [6.45, 7) is 4.56. The Kier molecular flexibility index (Phi) is 6.00. The van der Waals surface area contributed by atoms with Crippen LogP contribution in [0, 0.1) is 0 Å². The van der Waals surface area contributed by atoms with Crippen molar-refractivity contribution in [1.82, 2.24) is 4.90 Å². The molecular formula is C17H23ClN2O. The number of benzene rings is 1. The lowest BCUT2D eigenvalue weighted by Crippen LogP contribution is -2.20. The monoisotopic (exact) mass is 306 g/mol. The average molecular weight is 307 g/mol. The van der Waals surface area contributed by atoms with E-state index >= 15 is 0 Å². The van der Waals surface area contributed by atoms with Crippen molar-refractivity contribution in [3.63, 3.8) is 0 Å². The lowest BCUT2D eigenvalue weighted by atomic mass is 10.2. The Labute approximate surface area is 132 Å². The number of nitrogens with zero attached hydrogens (tertiary/aromatic N) is 1. The molecule has 114 valence electrons. The normalized spacial score (nSPS) is 14.2. The number of allylic oxidation sites excluding steroid dienone is 1. The van der Waals surface area contributed by atoms with Crippen LogP contribution in [0.4, 0.5) is 5.69 Å². The van der Waals surface area contributed by atoms with Gasteiger partial charge in [-0.3, -0.25) is 0 Å². The molecule has 1 aromatic rings. The zero-order chi connectivity index (χ0) is 15.1. The van der Waals surface area contributed by atoms with Crippen LogP contribution in [-0.2, 0) is 11.3 Å². The van der Waals surface area contributed by atoms with Gasteiger partial charge in [-0.1, -0.05) is 43.5 Å². The summed E-state index contributed by atoms with van der Waals surface area (Å²) >= 11 is 6.22. The third-order valence-electron chi connectivity index (χ3n) is 3.48. The second-order valence-electron chi connectivity index (χ2n) is 5.23. The summed E-state index contributed by atoms with van der Waals surface area (Å²) in [4.78, 5) is 2.18. The van der Waals surface area contributed by atoms with Crippen LogP contribution in [0.1, 0.15) is 31.7 Å². The van der Waals surface area contributed by atoms with E-state index in [9.17, 15) is 0 Å². The fraction of sp³-hybridized carbons (Fsp3) is 0.412. The number of rotatable bonds is 7. The number of hydrogen-bond acceptors (Lipinski definition) is 3. The van der Waals surface area contributed by atoms with E-state index in [-0.39, 0.29) is 0 Å². The van der Waals surface area contributed by atoms with Crippen molar-refractivity contribution < 1.29 is 4.74 Å². The number of ether oxygens (including phenoxy) is 1. The van der Waals surface area contributed by atoms with Gasteiger partial charge in [-0.2, -0.15) is 0 Å². The van der Waals surface area contributed by atoms with E-state index in [1.54, 1.807) is 0 Å². The van der Waals surface area contributed by atoms with E-state index in [0.29, 0.717) is 10.7 Å². The fourth-order valence-corrected chi connectivity index (χ4v) is 2.41. The molecule has 0 aliphatic carbocycles. The van der Waals surface area contributed by atoms with Crippen molar-refractivity contribution >= 4 is 17.3 Å². The maximum Gasteiger partial charge on any atom is 0.118 e. The van der Waals surface area contributed by atoms with Crippen LogP contribution < -0.4 is 5.73 Å². The van der Waals surface area contributed by atoms with Gasteiger partial charge in [0.05, 0.1) is 17.3 Å². The molecule has 0 amide bonds. The third kappa shape index (κ3) is 4.71. The van der Waals surface area contributed by atoms with Gasteiger partial charge < -0.3 is 15.4 Å². The van der Waals surface area contributed by atoms with E-state index in [0.717, 1.165) is 37.4 Å². The molecule has 21 heavy (non-hydrogen) atoms. The van der Waals surface area contributed by atoms with Gasteiger partial charge in [0.25, 0.3) is 0 Å². The molecule has 2 N–H and O–H groups in total. The van der Waals surface area contributed by atoms with E-state index in [4.69, 9.17) is 22.1 Å². The van der Waals surface area contributed by atoms with Gasteiger partial charge in [0.2, 0.25) is 0 Å². The molecule has 0 spiro atoms. The Morgan fingerprint density at radius 1 is 1.33 bits per heavy atom. The van der Waals surface area contributed by atoms with E-state index in [1.165, 1.54) is 12.8 Å². The van der Waals surface area contributed by atoms with E-state index in [2.05, 4.69) is 24.1 Å². The summed E-state index contributed by atoms with van der Waals surface area (Å²) in [6, 6.07) is 5.76. The Morgan fingerprint density at radius 3 is 2.90 bits per heavy atom. The molecule has 2 rings (SSSR count). The Balaban J connectivity index is 1.82. The molecule has 4 heteroatoms. The summed E-state index contributed by atoms with van der Waals surface area (Å²) in [5, 5.41) is 0.650. The second kappa shape index (κ2) is 7.99. The maximum atomic E-state index is 6.22. The number of nitrogens with two attached hydrogens (primary N) is 1. The van der Waals surface area contributed by atoms with Crippen molar-refractivity contribution in [3.8, 4) is 0 Å². The van der Waals surface area contributed by atoms with Crippen molar-refractivity contribution in [2.24, 2.45) is 0 Å². The quantitative estimate of drug-likeness (QED) is 0.601. The standard InChI is InChI=1S/C17H23ClN2O/c1-2-3-4-12-21-15-8-10-20(11-9-15)13-14-6-5-7-16(19)17(14)18/h5-10H,2-4,11-13,19H2,1H3. The molecule has 0 unspecified atom stereocenters. The van der Waals surface area contributed by atoms with Gasteiger partial charge in [0, 0.05) is 19.3 Å². The summed E-state index contributed by atoms with van der Waals surface area (Å²) in [5.74, 6) is 0.959. The number of halogens is 1. The first-order valence-corrected chi connectivity index (χ1v) is 7.86. The van der Waals surface area contributed by atoms with Crippen molar-refractivity contribution in [3.05, 3.63) is 52.9 Å². The number of nitrogen functional groups attached to an aromatic ring is 1. The largest absolute Gasteiger partial charge is 0.494 e. The molecule has 0 radical (unpaired) electrons. The van der Waals surface area contributed by atoms with Crippen LogP contribution in [0.3, 0.4) is 0 Å². The second-order valence-corrected chi connectivity index (χ2v) is 5.61. The highest BCUT2D eigenvalue weighted by atomic mass is 35.5. The molecule has 0 bridgehead atoms. The molecule has 0 saturated carbocycles. The van der Waals surface area contributed by atoms with Gasteiger partial charge in [-0.25, -0.2) is 0 Å². The van der Waals surface area contributed by atoms with Crippen LogP contribution >= 0.6 is 11.6 Å². The van der Waals surface area contributed by atoms with Crippen LogP contribution in [-0.4, -0.2) is 18.1 Å². The molecule has 3 nitrogen and oxygen atoms in total. The highest BCUT2D eigenvalue weighted by Crippen LogP contribution is 2.25. The number of anilines is 1. The fourth-order valence-electron chi connectivity index (χ4n) is 2.22. The molecule has 0 atom stereocenters. The van der Waals surface area contributed by atoms with Crippen molar-refractivity contribution in [1.29, 1.82) is 0 Å². The summed E-state index contributed by atoms with van der Waals surface area (Å²) in [5.41, 5.74) is 7.50. The zero-order valence-corrected chi connectivity index (χ0v) is 13.3. The first kappa shape index (κ1) is 15.8. The summed E-state index contributed by atoms with van der Waals surface area (Å²) < 4.78 is 5.73. The molecule has 1 heterocycles. The SMILES string of the molecule is CCCCCOC1=CCN(Cc2cccc(N)c2Cl)C=C1. The summed E-state index contributed by atoms with van der Waals surface area (Å²) in [6.07, 6.45) is 9.71. The Hall–Kier alpha value is -1.61. The van der Waals surface area contributed by atoms with Gasteiger partial charge in [0.15, 0.2) is 0 Å². The van der Waals surface area contributed by atoms with Crippen LogP contribution in [0.25, 0.3) is 0 Å². The van der Waals surface area contributed by atoms with Gasteiger partial charge >= 0.3 is 0 Å². The minimum atomic E-state index is 0.630. The van der Waals surface area contributed by atoms with Gasteiger partial charge in [0.1, 0.15) is 5.76 Å². The number of hydrogen-bond donors (Lipinski definition) is 1. The maximum absolute atomic E-state index is 6.22. The molecule has 0 fully saturated rings. The van der Waals surface area contributed by atoms with Gasteiger partial charge in [-0.05, 0) is 30.2 Å². The zero-order valence-electron chi connectivity index (χ0n) is 12.5. The average Bonchev–Trinajstić information content (AvgIpc) is 2.50. The van der Waals surface area contributed by atoms with Crippen molar-refractivity contribution in [2.75, 3.05) is 18.9 Å². The third-order valence-corrected chi connectivity index (χ3v) is 3.94. The van der Waals surface area contributed by atoms with E-state index < -0.39 is 0 Å². The first-order valence-electron chi connectivity index (χ1n) is 7.48. The van der Waals surface area contributed by atoms with Gasteiger partial charge in [-0.15, -0.1) is 0 Å². The highest BCUT2D eigenvalue weighted by molar-refractivity contribution is 6.33. The predicted octanol–water partition coefficient (Wildman–Crippen LogP) is 4.34. The first-order chi connectivity index (χ1) is 10.2. The van der Waals surface area contributed by atoms with Crippen LogP contribution in [0.2, 0.25) is 5.02 Å². The smallest absolute Gasteiger partial charge is 0.118 e. The number of unbranched alkanes of at least 4 members (excludes halogenated alkanes) is 2. The molecule has 1 aromatic carbocycles. The predicted molar refractivity (Wildman–Crippen MR) is 89.0 cm³/mol. The lowest BCUT2D eigenvalue weighted by Gasteiger charge is -2.23.